The van der Waals surface area contributed by atoms with Crippen molar-refractivity contribution in [3.8, 4) is 5.75 Å². The monoisotopic (exact) mass is 326 g/mol. The molecule has 1 aliphatic rings. The lowest BCUT2D eigenvalue weighted by Crippen LogP contribution is -2.52. The molecule has 1 aromatic carbocycles. The van der Waals surface area contributed by atoms with Gasteiger partial charge in [-0.3, -0.25) is 4.90 Å². The van der Waals surface area contributed by atoms with Crippen molar-refractivity contribution < 1.29 is 4.74 Å². The van der Waals surface area contributed by atoms with Gasteiger partial charge in [-0.25, -0.2) is 0 Å². The average Bonchev–Trinajstić information content (AvgIpc) is 2.36. The van der Waals surface area contributed by atoms with E-state index in [0.29, 0.717) is 6.04 Å². The third-order valence-corrected chi connectivity index (χ3v) is 4.81. The van der Waals surface area contributed by atoms with E-state index in [2.05, 4.69) is 46.8 Å². The highest BCUT2D eigenvalue weighted by Crippen LogP contribution is 2.30. The minimum Gasteiger partial charge on any atom is -0.497 e. The molecule has 1 fully saturated rings. The Bertz CT molecular complexity index is 448. The molecule has 1 heterocycles. The minimum absolute atomic E-state index is 0.184. The van der Waals surface area contributed by atoms with Crippen LogP contribution in [0.2, 0.25) is 0 Å². The van der Waals surface area contributed by atoms with E-state index in [-0.39, 0.29) is 5.41 Å². The van der Waals surface area contributed by atoms with Crippen LogP contribution < -0.4 is 10.5 Å². The smallest absolute Gasteiger partial charge is 0.119 e. The molecule has 1 saturated heterocycles. The Balaban J connectivity index is 2.09. The van der Waals surface area contributed by atoms with Crippen LogP contribution >= 0.6 is 15.9 Å². The molecule has 2 rings (SSSR count). The lowest BCUT2D eigenvalue weighted by molar-refractivity contribution is 0.0897. The Morgan fingerprint density at radius 1 is 1.47 bits per heavy atom. The van der Waals surface area contributed by atoms with Gasteiger partial charge in [0.2, 0.25) is 0 Å². The first-order chi connectivity index (χ1) is 8.92. The average molecular weight is 327 g/mol. The Labute approximate surface area is 124 Å². The molecular formula is C15H23BrN2O. The maximum absolute atomic E-state index is 6.19. The van der Waals surface area contributed by atoms with E-state index in [4.69, 9.17) is 10.5 Å². The van der Waals surface area contributed by atoms with Crippen LogP contribution in [0.4, 0.5) is 0 Å². The molecule has 4 heteroatoms. The Morgan fingerprint density at radius 2 is 2.21 bits per heavy atom. The summed E-state index contributed by atoms with van der Waals surface area (Å²) in [7, 11) is 1.70. The maximum Gasteiger partial charge on any atom is 0.119 e. The topological polar surface area (TPSA) is 38.5 Å². The minimum atomic E-state index is 0.184. The van der Waals surface area contributed by atoms with Gasteiger partial charge in [0, 0.05) is 30.1 Å². The lowest BCUT2D eigenvalue weighted by atomic mass is 9.79. The third kappa shape index (κ3) is 3.50. The number of halogens is 1. The van der Waals surface area contributed by atoms with Crippen molar-refractivity contribution in [3.05, 3.63) is 28.2 Å². The summed E-state index contributed by atoms with van der Waals surface area (Å²) in [4.78, 5) is 2.48. The molecule has 0 aromatic heterocycles. The van der Waals surface area contributed by atoms with Gasteiger partial charge in [0.25, 0.3) is 0 Å². The van der Waals surface area contributed by atoms with E-state index in [1.165, 1.54) is 5.56 Å². The first-order valence-corrected chi connectivity index (χ1v) is 7.52. The zero-order chi connectivity index (χ0) is 14.0. The second-order valence-corrected chi connectivity index (χ2v) is 6.91. The maximum atomic E-state index is 6.19. The van der Waals surface area contributed by atoms with Gasteiger partial charge >= 0.3 is 0 Å². The Hall–Kier alpha value is -0.580. The fourth-order valence-electron chi connectivity index (χ4n) is 2.66. The summed E-state index contributed by atoms with van der Waals surface area (Å²) in [5.41, 5.74) is 7.64. The predicted octanol–water partition coefficient (Wildman–Crippen LogP) is 3.02. The van der Waals surface area contributed by atoms with E-state index in [0.717, 1.165) is 36.3 Å². The Kier molecular flexibility index (Phi) is 4.54. The summed E-state index contributed by atoms with van der Waals surface area (Å²) in [5, 5.41) is 0. The van der Waals surface area contributed by atoms with E-state index in [9.17, 15) is 0 Å². The van der Waals surface area contributed by atoms with E-state index in [1.54, 1.807) is 7.11 Å². The van der Waals surface area contributed by atoms with Crippen LogP contribution in [-0.2, 0) is 6.54 Å². The Morgan fingerprint density at radius 3 is 2.84 bits per heavy atom. The first-order valence-electron chi connectivity index (χ1n) is 6.73. The summed E-state index contributed by atoms with van der Waals surface area (Å²) >= 11 is 3.62. The molecule has 0 aliphatic carbocycles. The van der Waals surface area contributed by atoms with Crippen molar-refractivity contribution in [2.45, 2.75) is 32.9 Å². The molecule has 106 valence electrons. The second kappa shape index (κ2) is 5.81. The normalized spacial score (nSPS) is 23.3. The van der Waals surface area contributed by atoms with Crippen molar-refractivity contribution in [2.75, 3.05) is 20.2 Å². The predicted molar refractivity (Wildman–Crippen MR) is 82.3 cm³/mol. The molecule has 19 heavy (non-hydrogen) atoms. The number of piperidine rings is 1. The first kappa shape index (κ1) is 14.8. The lowest BCUT2D eigenvalue weighted by Gasteiger charge is -2.42. The van der Waals surface area contributed by atoms with Gasteiger partial charge in [-0.2, -0.15) is 0 Å². The molecule has 1 aromatic rings. The molecule has 1 aliphatic heterocycles. The molecule has 0 radical (unpaired) electrons. The SMILES string of the molecule is COc1ccc(Br)c(CN2CCC(N)C(C)(C)C2)c1. The highest BCUT2D eigenvalue weighted by molar-refractivity contribution is 9.10. The van der Waals surface area contributed by atoms with Crippen LogP contribution in [0, 0.1) is 5.41 Å². The summed E-state index contributed by atoms with van der Waals surface area (Å²) < 4.78 is 6.44. The molecule has 3 nitrogen and oxygen atoms in total. The van der Waals surface area contributed by atoms with Gasteiger partial charge in [-0.15, -0.1) is 0 Å². The number of ether oxygens (including phenoxy) is 1. The number of hydrogen-bond donors (Lipinski definition) is 1. The van der Waals surface area contributed by atoms with Crippen LogP contribution in [0.1, 0.15) is 25.8 Å². The van der Waals surface area contributed by atoms with Crippen LogP contribution in [0.25, 0.3) is 0 Å². The number of benzene rings is 1. The number of rotatable bonds is 3. The van der Waals surface area contributed by atoms with Crippen molar-refractivity contribution in [1.29, 1.82) is 0 Å². The molecule has 1 atom stereocenters. The summed E-state index contributed by atoms with van der Waals surface area (Å²) in [6, 6.07) is 6.43. The van der Waals surface area contributed by atoms with E-state index in [1.807, 2.05) is 6.07 Å². The standard InChI is InChI=1S/C15H23BrN2O/c1-15(2)10-18(7-6-14(15)17)9-11-8-12(19-3)4-5-13(11)16/h4-5,8,14H,6-7,9-10,17H2,1-3H3. The van der Waals surface area contributed by atoms with Crippen LogP contribution in [0.5, 0.6) is 5.75 Å². The van der Waals surface area contributed by atoms with Crippen LogP contribution in [0.3, 0.4) is 0 Å². The fourth-order valence-corrected chi connectivity index (χ4v) is 3.03. The van der Waals surface area contributed by atoms with Gasteiger partial charge in [0.15, 0.2) is 0 Å². The summed E-state index contributed by atoms with van der Waals surface area (Å²) in [5.74, 6) is 0.908. The van der Waals surface area contributed by atoms with Crippen LogP contribution in [-0.4, -0.2) is 31.1 Å². The molecule has 0 spiro atoms. The van der Waals surface area contributed by atoms with Crippen molar-refractivity contribution in [2.24, 2.45) is 11.1 Å². The van der Waals surface area contributed by atoms with Gasteiger partial charge in [0.05, 0.1) is 7.11 Å². The molecule has 0 amide bonds. The third-order valence-electron chi connectivity index (χ3n) is 4.04. The number of hydrogen-bond acceptors (Lipinski definition) is 3. The van der Waals surface area contributed by atoms with Crippen molar-refractivity contribution in [1.82, 2.24) is 4.90 Å². The highest BCUT2D eigenvalue weighted by atomic mass is 79.9. The van der Waals surface area contributed by atoms with Gasteiger partial charge < -0.3 is 10.5 Å². The largest absolute Gasteiger partial charge is 0.497 e. The number of nitrogens with zero attached hydrogens (tertiary/aromatic N) is 1. The van der Waals surface area contributed by atoms with E-state index < -0.39 is 0 Å². The second-order valence-electron chi connectivity index (χ2n) is 6.05. The highest BCUT2D eigenvalue weighted by Gasteiger charge is 2.33. The summed E-state index contributed by atoms with van der Waals surface area (Å²) in [6.07, 6.45) is 1.06. The molecule has 0 saturated carbocycles. The summed E-state index contributed by atoms with van der Waals surface area (Å²) in [6.45, 7) is 7.55. The zero-order valence-electron chi connectivity index (χ0n) is 11.9. The molecule has 0 bridgehead atoms. The molecule has 2 N–H and O–H groups in total. The van der Waals surface area contributed by atoms with Crippen molar-refractivity contribution in [3.63, 3.8) is 0 Å². The molecule has 1 unspecified atom stereocenters. The van der Waals surface area contributed by atoms with Crippen LogP contribution in [0.15, 0.2) is 22.7 Å². The number of methoxy groups -OCH3 is 1. The van der Waals surface area contributed by atoms with Gasteiger partial charge in [0.1, 0.15) is 5.75 Å². The zero-order valence-corrected chi connectivity index (χ0v) is 13.5. The van der Waals surface area contributed by atoms with Crippen molar-refractivity contribution >= 4 is 15.9 Å². The number of likely N-dealkylation sites (tertiary alicyclic amines) is 1. The quantitative estimate of drug-likeness (QED) is 0.927. The molecular weight excluding hydrogens is 304 g/mol. The number of nitrogens with two attached hydrogens (primary N) is 1. The van der Waals surface area contributed by atoms with Gasteiger partial charge in [-0.1, -0.05) is 29.8 Å². The van der Waals surface area contributed by atoms with E-state index >= 15 is 0 Å². The van der Waals surface area contributed by atoms with Gasteiger partial charge in [-0.05, 0) is 35.6 Å². The fraction of sp³-hybridized carbons (Fsp3) is 0.600.